The maximum atomic E-state index is 12.4. The first-order chi connectivity index (χ1) is 12.8. The van der Waals surface area contributed by atoms with Crippen LogP contribution in [0.1, 0.15) is 34.9 Å². The Morgan fingerprint density at radius 2 is 1.85 bits per heavy atom. The van der Waals surface area contributed by atoms with E-state index in [1.54, 1.807) is 6.26 Å². The van der Waals surface area contributed by atoms with Gasteiger partial charge in [-0.2, -0.15) is 0 Å². The molecule has 0 bridgehead atoms. The Hall–Kier alpha value is -2.85. The van der Waals surface area contributed by atoms with Crippen LogP contribution in [0.15, 0.2) is 71.3 Å². The van der Waals surface area contributed by atoms with Crippen molar-refractivity contribution < 1.29 is 9.21 Å². The summed E-state index contributed by atoms with van der Waals surface area (Å²) in [5.74, 6) is 0.733. The van der Waals surface area contributed by atoms with E-state index in [0.29, 0.717) is 0 Å². The predicted octanol–water partition coefficient (Wildman–Crippen LogP) is 4.09. The van der Waals surface area contributed by atoms with Gasteiger partial charge in [0.15, 0.2) is 0 Å². The van der Waals surface area contributed by atoms with Crippen molar-refractivity contribution in [2.75, 3.05) is 11.9 Å². The van der Waals surface area contributed by atoms with Crippen LogP contribution in [-0.2, 0) is 17.6 Å². The summed E-state index contributed by atoms with van der Waals surface area (Å²) < 4.78 is 5.56. The Balaban J connectivity index is 1.42. The van der Waals surface area contributed by atoms with Gasteiger partial charge in [-0.3, -0.25) is 10.1 Å². The lowest BCUT2D eigenvalue weighted by molar-refractivity contribution is -0.115. The van der Waals surface area contributed by atoms with Crippen LogP contribution in [0.25, 0.3) is 0 Å². The molecular weight excluding hydrogens is 324 g/mol. The first-order valence-electron chi connectivity index (χ1n) is 9.03. The molecule has 0 unspecified atom stereocenters. The molecule has 132 valence electrons. The molecule has 1 heterocycles. The molecule has 4 heteroatoms. The number of aryl methyl sites for hydroxylation is 2. The van der Waals surface area contributed by atoms with Crippen molar-refractivity contribution >= 4 is 11.6 Å². The lowest BCUT2D eigenvalue weighted by Gasteiger charge is -2.17. The summed E-state index contributed by atoms with van der Waals surface area (Å²) >= 11 is 0. The van der Waals surface area contributed by atoms with Crippen molar-refractivity contribution in [1.29, 1.82) is 0 Å². The fraction of sp³-hybridized carbons (Fsp3) is 0.227. The number of anilines is 1. The molecule has 0 fully saturated rings. The van der Waals surface area contributed by atoms with Gasteiger partial charge in [-0.25, -0.2) is 0 Å². The van der Waals surface area contributed by atoms with Crippen LogP contribution < -0.4 is 10.6 Å². The highest BCUT2D eigenvalue weighted by Gasteiger charge is 2.18. The zero-order valence-corrected chi connectivity index (χ0v) is 14.6. The average Bonchev–Trinajstić information content (AvgIpc) is 3.34. The van der Waals surface area contributed by atoms with Crippen LogP contribution in [-0.4, -0.2) is 12.5 Å². The van der Waals surface area contributed by atoms with Crippen molar-refractivity contribution in [3.63, 3.8) is 0 Å². The maximum absolute atomic E-state index is 12.4. The Kier molecular flexibility index (Phi) is 4.84. The predicted molar refractivity (Wildman–Crippen MR) is 102 cm³/mol. The lowest BCUT2D eigenvalue weighted by Crippen LogP contribution is -2.31. The molecule has 1 aromatic heterocycles. The fourth-order valence-electron chi connectivity index (χ4n) is 3.53. The van der Waals surface area contributed by atoms with Crippen molar-refractivity contribution in [2.45, 2.75) is 25.3 Å². The van der Waals surface area contributed by atoms with Crippen LogP contribution in [0.5, 0.6) is 0 Å². The Morgan fingerprint density at radius 1 is 1.00 bits per heavy atom. The van der Waals surface area contributed by atoms with Crippen LogP contribution in [0, 0.1) is 0 Å². The second kappa shape index (κ2) is 7.58. The summed E-state index contributed by atoms with van der Waals surface area (Å²) in [5, 5.41) is 6.30. The average molecular weight is 346 g/mol. The van der Waals surface area contributed by atoms with E-state index in [-0.39, 0.29) is 18.5 Å². The van der Waals surface area contributed by atoms with Gasteiger partial charge in [-0.05, 0) is 60.2 Å². The summed E-state index contributed by atoms with van der Waals surface area (Å²) in [4.78, 5) is 12.4. The molecule has 0 saturated carbocycles. The number of amides is 1. The molecule has 0 radical (unpaired) electrons. The quantitative estimate of drug-likeness (QED) is 0.707. The van der Waals surface area contributed by atoms with E-state index in [9.17, 15) is 4.79 Å². The van der Waals surface area contributed by atoms with Crippen molar-refractivity contribution in [1.82, 2.24) is 5.32 Å². The number of fused-ring (bicyclic) bond motifs is 1. The van der Waals surface area contributed by atoms with Crippen molar-refractivity contribution in [3.8, 4) is 0 Å². The van der Waals surface area contributed by atoms with Gasteiger partial charge in [0.1, 0.15) is 5.76 Å². The van der Waals surface area contributed by atoms with Crippen molar-refractivity contribution in [3.05, 3.63) is 89.4 Å². The molecule has 2 N–H and O–H groups in total. The molecule has 1 aliphatic carbocycles. The molecule has 1 atom stereocenters. The van der Waals surface area contributed by atoms with E-state index in [0.717, 1.165) is 29.9 Å². The van der Waals surface area contributed by atoms with Gasteiger partial charge in [-0.15, -0.1) is 0 Å². The van der Waals surface area contributed by atoms with Gasteiger partial charge in [0.2, 0.25) is 5.91 Å². The maximum Gasteiger partial charge on any atom is 0.238 e. The largest absolute Gasteiger partial charge is 0.467 e. The second-order valence-electron chi connectivity index (χ2n) is 6.63. The summed E-state index contributed by atoms with van der Waals surface area (Å²) in [7, 11) is 0. The van der Waals surface area contributed by atoms with E-state index >= 15 is 0 Å². The topological polar surface area (TPSA) is 54.3 Å². The van der Waals surface area contributed by atoms with Gasteiger partial charge in [0.25, 0.3) is 0 Å². The standard InChI is InChI=1S/C22H22N2O2/c25-21(24-19-12-11-16-8-4-9-18(16)14-19)15-23-22(20-10-5-13-26-20)17-6-2-1-3-7-17/h1-3,5-7,10-14,22-23H,4,8-9,15H2,(H,24,25)/t22-/m1/s1. The zero-order valence-electron chi connectivity index (χ0n) is 14.6. The highest BCUT2D eigenvalue weighted by atomic mass is 16.3. The minimum Gasteiger partial charge on any atom is -0.467 e. The van der Waals surface area contributed by atoms with E-state index in [2.05, 4.69) is 22.8 Å². The summed E-state index contributed by atoms with van der Waals surface area (Å²) in [6.45, 7) is 0.206. The number of hydrogen-bond acceptors (Lipinski definition) is 3. The lowest BCUT2D eigenvalue weighted by atomic mass is 10.0. The highest BCUT2D eigenvalue weighted by Crippen LogP contribution is 2.25. The first kappa shape index (κ1) is 16.6. The molecule has 2 aromatic carbocycles. The Labute approximate surface area is 153 Å². The van der Waals surface area contributed by atoms with E-state index in [4.69, 9.17) is 4.42 Å². The minimum atomic E-state index is -0.156. The van der Waals surface area contributed by atoms with Crippen molar-refractivity contribution in [2.24, 2.45) is 0 Å². The third-order valence-electron chi connectivity index (χ3n) is 4.81. The summed E-state index contributed by atoms with van der Waals surface area (Å²) in [5.41, 5.74) is 4.69. The van der Waals surface area contributed by atoms with Gasteiger partial charge in [0, 0.05) is 5.69 Å². The first-order valence-corrected chi connectivity index (χ1v) is 9.03. The highest BCUT2D eigenvalue weighted by molar-refractivity contribution is 5.92. The van der Waals surface area contributed by atoms with E-state index in [1.165, 1.54) is 17.5 Å². The van der Waals surface area contributed by atoms with Crippen LogP contribution in [0.4, 0.5) is 5.69 Å². The van der Waals surface area contributed by atoms with E-state index < -0.39 is 0 Å². The molecule has 0 saturated heterocycles. The molecule has 4 nitrogen and oxygen atoms in total. The Morgan fingerprint density at radius 3 is 2.65 bits per heavy atom. The van der Waals surface area contributed by atoms with Crippen LogP contribution in [0.2, 0.25) is 0 Å². The molecule has 0 spiro atoms. The monoisotopic (exact) mass is 346 g/mol. The number of hydrogen-bond donors (Lipinski definition) is 2. The number of nitrogens with one attached hydrogen (secondary N) is 2. The molecular formula is C22H22N2O2. The molecule has 0 aliphatic heterocycles. The molecule has 4 rings (SSSR count). The summed E-state index contributed by atoms with van der Waals surface area (Å²) in [6.07, 6.45) is 5.10. The molecule has 3 aromatic rings. The third kappa shape index (κ3) is 3.70. The molecule has 1 aliphatic rings. The minimum absolute atomic E-state index is 0.0598. The zero-order chi connectivity index (χ0) is 17.8. The SMILES string of the molecule is O=C(CN[C@H](c1ccccc1)c1ccco1)Nc1ccc2c(c1)CCC2. The smallest absolute Gasteiger partial charge is 0.238 e. The number of benzene rings is 2. The number of carbonyl (C=O) groups excluding carboxylic acids is 1. The van der Waals surface area contributed by atoms with E-state index in [1.807, 2.05) is 48.5 Å². The number of carbonyl (C=O) groups is 1. The van der Waals surface area contributed by atoms with Gasteiger partial charge < -0.3 is 9.73 Å². The second-order valence-corrected chi connectivity index (χ2v) is 6.63. The Bertz CT molecular complexity index is 872. The third-order valence-corrected chi connectivity index (χ3v) is 4.81. The molecule has 1 amide bonds. The van der Waals surface area contributed by atoms with Crippen LogP contribution >= 0.6 is 0 Å². The summed E-state index contributed by atoms with van der Waals surface area (Å²) in [6, 6.07) is 19.8. The van der Waals surface area contributed by atoms with Gasteiger partial charge in [-0.1, -0.05) is 36.4 Å². The molecule has 26 heavy (non-hydrogen) atoms. The fourth-order valence-corrected chi connectivity index (χ4v) is 3.53. The van der Waals surface area contributed by atoms with Crippen LogP contribution in [0.3, 0.4) is 0 Å². The number of rotatable bonds is 6. The van der Waals surface area contributed by atoms with Gasteiger partial charge in [0.05, 0.1) is 18.8 Å². The van der Waals surface area contributed by atoms with Gasteiger partial charge >= 0.3 is 0 Å². The normalized spacial score (nSPS) is 14.0. The number of furan rings is 1.